The third-order valence-corrected chi connectivity index (χ3v) is 4.08. The summed E-state index contributed by atoms with van der Waals surface area (Å²) < 4.78 is 1.75. The molecule has 0 spiro atoms. The van der Waals surface area contributed by atoms with Crippen molar-refractivity contribution in [3.05, 3.63) is 83.9 Å². The lowest BCUT2D eigenvalue weighted by Gasteiger charge is -2.06. The molecule has 0 unspecified atom stereocenters. The lowest BCUT2D eigenvalue weighted by atomic mass is 10.2. The van der Waals surface area contributed by atoms with Crippen molar-refractivity contribution in [3.63, 3.8) is 0 Å². The largest absolute Gasteiger partial charge is 0.347 e. The van der Waals surface area contributed by atoms with Crippen LogP contribution in [0.25, 0.3) is 16.9 Å². The van der Waals surface area contributed by atoms with Crippen LogP contribution in [0.4, 0.5) is 0 Å². The van der Waals surface area contributed by atoms with Crippen LogP contribution in [0.3, 0.4) is 0 Å². The molecular formula is C20H17N5O. The second-order valence-electron chi connectivity index (χ2n) is 5.99. The summed E-state index contributed by atoms with van der Waals surface area (Å²) >= 11 is 0. The van der Waals surface area contributed by atoms with Crippen LogP contribution < -0.4 is 5.32 Å². The lowest BCUT2D eigenvalue weighted by molar-refractivity contribution is 0.0946. The summed E-state index contributed by atoms with van der Waals surface area (Å²) in [6.07, 6.45) is 3.43. The number of amides is 1. The van der Waals surface area contributed by atoms with Crippen LogP contribution in [0, 0.1) is 6.92 Å². The maximum atomic E-state index is 12.5. The van der Waals surface area contributed by atoms with Gasteiger partial charge in [-0.3, -0.25) is 9.78 Å². The molecular weight excluding hydrogens is 326 g/mol. The van der Waals surface area contributed by atoms with Crippen molar-refractivity contribution in [2.24, 2.45) is 0 Å². The summed E-state index contributed by atoms with van der Waals surface area (Å²) in [6, 6.07) is 17.3. The maximum Gasteiger partial charge on any atom is 0.270 e. The molecule has 0 aliphatic rings. The van der Waals surface area contributed by atoms with E-state index in [1.807, 2.05) is 55.5 Å². The van der Waals surface area contributed by atoms with Crippen molar-refractivity contribution in [1.82, 2.24) is 24.9 Å². The third-order valence-electron chi connectivity index (χ3n) is 4.08. The van der Waals surface area contributed by atoms with Crippen LogP contribution >= 0.6 is 0 Å². The van der Waals surface area contributed by atoms with E-state index in [4.69, 9.17) is 0 Å². The van der Waals surface area contributed by atoms with Gasteiger partial charge in [0.2, 0.25) is 0 Å². The molecule has 128 valence electrons. The average Bonchev–Trinajstić information content (AvgIpc) is 3.12. The van der Waals surface area contributed by atoms with Crippen molar-refractivity contribution in [2.45, 2.75) is 13.5 Å². The van der Waals surface area contributed by atoms with Gasteiger partial charge < -0.3 is 5.32 Å². The standard InChI is InChI=1S/C20H17N5O/c1-14-10-18(20(26)22-13-15-6-5-9-21-12-15)23-19-11-17(24-25(14)19)16-7-3-2-4-8-16/h2-12H,13H2,1H3,(H,22,26). The second-order valence-corrected chi connectivity index (χ2v) is 5.99. The number of benzene rings is 1. The number of nitrogens with zero attached hydrogens (tertiary/aromatic N) is 4. The first-order valence-electron chi connectivity index (χ1n) is 8.31. The summed E-state index contributed by atoms with van der Waals surface area (Å²) in [5.74, 6) is -0.220. The molecule has 4 aromatic rings. The number of aryl methyl sites for hydroxylation is 1. The van der Waals surface area contributed by atoms with Gasteiger partial charge in [0.15, 0.2) is 5.65 Å². The number of pyridine rings is 1. The number of rotatable bonds is 4. The first-order chi connectivity index (χ1) is 12.7. The van der Waals surface area contributed by atoms with Gasteiger partial charge in [-0.15, -0.1) is 0 Å². The Morgan fingerprint density at radius 3 is 2.73 bits per heavy atom. The summed E-state index contributed by atoms with van der Waals surface area (Å²) in [5, 5.41) is 7.47. The van der Waals surface area contributed by atoms with Gasteiger partial charge in [0.25, 0.3) is 5.91 Å². The van der Waals surface area contributed by atoms with Crippen LogP contribution in [0.15, 0.2) is 67.0 Å². The Kier molecular flexibility index (Phi) is 4.15. The fourth-order valence-electron chi connectivity index (χ4n) is 2.77. The van der Waals surface area contributed by atoms with Crippen LogP contribution in [-0.4, -0.2) is 25.5 Å². The zero-order chi connectivity index (χ0) is 17.9. The molecule has 0 bridgehead atoms. The average molecular weight is 343 g/mol. The van der Waals surface area contributed by atoms with Crippen LogP contribution in [0.1, 0.15) is 21.7 Å². The highest BCUT2D eigenvalue weighted by Crippen LogP contribution is 2.19. The van der Waals surface area contributed by atoms with E-state index in [1.54, 1.807) is 23.0 Å². The quantitative estimate of drug-likeness (QED) is 0.618. The van der Waals surface area contributed by atoms with Crippen molar-refractivity contribution < 1.29 is 4.79 Å². The minimum Gasteiger partial charge on any atom is -0.347 e. The Labute approximate surface area is 150 Å². The molecule has 6 nitrogen and oxygen atoms in total. The number of hydrogen-bond acceptors (Lipinski definition) is 4. The summed E-state index contributed by atoms with van der Waals surface area (Å²) in [6.45, 7) is 2.32. The fourth-order valence-corrected chi connectivity index (χ4v) is 2.77. The van der Waals surface area contributed by atoms with Gasteiger partial charge in [0.05, 0.1) is 5.69 Å². The molecule has 26 heavy (non-hydrogen) atoms. The molecule has 3 aromatic heterocycles. The van der Waals surface area contributed by atoms with Crippen molar-refractivity contribution in [3.8, 4) is 11.3 Å². The molecule has 0 saturated carbocycles. The highest BCUT2D eigenvalue weighted by atomic mass is 16.1. The van der Waals surface area contributed by atoms with Crippen LogP contribution in [-0.2, 0) is 6.54 Å². The maximum absolute atomic E-state index is 12.5. The number of nitrogens with one attached hydrogen (secondary N) is 1. The molecule has 1 N–H and O–H groups in total. The van der Waals surface area contributed by atoms with Crippen LogP contribution in [0.5, 0.6) is 0 Å². The fraction of sp³-hybridized carbons (Fsp3) is 0.100. The van der Waals surface area contributed by atoms with E-state index in [9.17, 15) is 4.79 Å². The van der Waals surface area contributed by atoms with E-state index in [1.165, 1.54) is 0 Å². The summed E-state index contributed by atoms with van der Waals surface area (Å²) in [5.41, 5.74) is 4.65. The molecule has 0 aliphatic heterocycles. The van der Waals surface area contributed by atoms with Gasteiger partial charge in [0.1, 0.15) is 5.69 Å². The van der Waals surface area contributed by atoms with E-state index in [2.05, 4.69) is 20.4 Å². The van der Waals surface area contributed by atoms with Gasteiger partial charge in [-0.2, -0.15) is 5.10 Å². The number of aromatic nitrogens is 4. The third kappa shape index (κ3) is 3.17. The normalized spacial score (nSPS) is 10.8. The zero-order valence-corrected chi connectivity index (χ0v) is 14.3. The highest BCUT2D eigenvalue weighted by molar-refractivity contribution is 5.92. The number of carbonyl (C=O) groups excluding carboxylic acids is 1. The molecule has 0 radical (unpaired) electrons. The number of hydrogen-bond donors (Lipinski definition) is 1. The topological polar surface area (TPSA) is 72.2 Å². The van der Waals surface area contributed by atoms with Crippen molar-refractivity contribution >= 4 is 11.6 Å². The summed E-state index contributed by atoms with van der Waals surface area (Å²) in [4.78, 5) is 21.0. The predicted octanol–water partition coefficient (Wildman–Crippen LogP) is 3.03. The Morgan fingerprint density at radius 2 is 1.96 bits per heavy atom. The minimum absolute atomic E-state index is 0.220. The lowest BCUT2D eigenvalue weighted by Crippen LogP contribution is -2.24. The zero-order valence-electron chi connectivity index (χ0n) is 14.3. The van der Waals surface area contributed by atoms with Gasteiger partial charge in [-0.1, -0.05) is 36.4 Å². The highest BCUT2D eigenvalue weighted by Gasteiger charge is 2.13. The Morgan fingerprint density at radius 1 is 1.12 bits per heavy atom. The first-order valence-corrected chi connectivity index (χ1v) is 8.31. The Hall–Kier alpha value is -3.54. The number of carbonyl (C=O) groups is 1. The van der Waals surface area contributed by atoms with Crippen molar-refractivity contribution in [2.75, 3.05) is 0 Å². The Bertz CT molecular complexity index is 1060. The van der Waals surface area contributed by atoms with Gasteiger partial charge in [-0.05, 0) is 24.6 Å². The molecule has 0 fully saturated rings. The van der Waals surface area contributed by atoms with E-state index in [0.717, 1.165) is 22.5 Å². The van der Waals surface area contributed by atoms with Crippen LogP contribution in [0.2, 0.25) is 0 Å². The molecule has 1 aromatic carbocycles. The van der Waals surface area contributed by atoms with Crippen molar-refractivity contribution in [1.29, 1.82) is 0 Å². The van der Waals surface area contributed by atoms with E-state index < -0.39 is 0 Å². The second kappa shape index (κ2) is 6.76. The summed E-state index contributed by atoms with van der Waals surface area (Å²) in [7, 11) is 0. The predicted molar refractivity (Wildman–Crippen MR) is 98.6 cm³/mol. The SMILES string of the molecule is Cc1cc(C(=O)NCc2cccnc2)nc2cc(-c3ccccc3)nn12. The molecule has 0 aliphatic carbocycles. The monoisotopic (exact) mass is 343 g/mol. The van der Waals surface area contributed by atoms with Gasteiger partial charge >= 0.3 is 0 Å². The Balaban J connectivity index is 1.61. The molecule has 0 saturated heterocycles. The van der Waals surface area contributed by atoms with E-state index in [0.29, 0.717) is 17.9 Å². The molecule has 3 heterocycles. The van der Waals surface area contributed by atoms with E-state index >= 15 is 0 Å². The molecule has 4 rings (SSSR count). The smallest absolute Gasteiger partial charge is 0.270 e. The van der Waals surface area contributed by atoms with E-state index in [-0.39, 0.29) is 5.91 Å². The molecule has 6 heteroatoms. The number of fused-ring (bicyclic) bond motifs is 1. The minimum atomic E-state index is -0.220. The first kappa shape index (κ1) is 16.0. The van der Waals surface area contributed by atoms with Gasteiger partial charge in [-0.25, -0.2) is 9.50 Å². The molecule has 1 amide bonds. The van der Waals surface area contributed by atoms with Gasteiger partial charge in [0, 0.05) is 36.3 Å². The molecule has 0 atom stereocenters.